The number of rotatable bonds is 7. The van der Waals surface area contributed by atoms with Gasteiger partial charge in [0.2, 0.25) is 0 Å². The third-order valence-corrected chi connectivity index (χ3v) is 4.20. The first-order valence-corrected chi connectivity index (χ1v) is 6.81. The zero-order valence-corrected chi connectivity index (χ0v) is 10.8. The Balaban J connectivity index is 2.41. The molecular weight excluding hydrogens is 198 g/mol. The average molecular weight is 227 g/mol. The first kappa shape index (κ1) is 13.9. The molecule has 0 unspecified atom stereocenters. The molecule has 0 spiro atoms. The van der Waals surface area contributed by atoms with Crippen molar-refractivity contribution < 1.29 is 0 Å². The summed E-state index contributed by atoms with van der Waals surface area (Å²) in [5.74, 6) is 0.882. The molecule has 0 bridgehead atoms. The standard InChI is InChI=1S/C13H29N3/c1-16-11-13(6-2-9-14)7-3-12(4-8-13)5-10-15/h12,16H,2-11,14-15H2,1H3. The Kier molecular flexibility index (Phi) is 6.32. The number of hydrogen-bond acceptors (Lipinski definition) is 3. The Hall–Kier alpha value is -0.120. The second-order valence-electron chi connectivity index (χ2n) is 5.44. The molecule has 0 heterocycles. The van der Waals surface area contributed by atoms with Gasteiger partial charge in [-0.3, -0.25) is 0 Å². The summed E-state index contributed by atoms with van der Waals surface area (Å²) in [7, 11) is 2.07. The minimum atomic E-state index is 0.527. The van der Waals surface area contributed by atoms with Gasteiger partial charge in [-0.25, -0.2) is 0 Å². The van der Waals surface area contributed by atoms with Crippen molar-refractivity contribution in [2.75, 3.05) is 26.7 Å². The van der Waals surface area contributed by atoms with Crippen LogP contribution in [-0.2, 0) is 0 Å². The van der Waals surface area contributed by atoms with Gasteiger partial charge in [0.05, 0.1) is 0 Å². The van der Waals surface area contributed by atoms with Gasteiger partial charge in [-0.15, -0.1) is 0 Å². The first-order chi connectivity index (χ1) is 7.76. The van der Waals surface area contributed by atoms with Gasteiger partial charge in [0.25, 0.3) is 0 Å². The van der Waals surface area contributed by atoms with Crippen LogP contribution in [0.2, 0.25) is 0 Å². The quantitative estimate of drug-likeness (QED) is 0.617. The SMILES string of the molecule is CNCC1(CCCN)CCC(CCN)CC1. The highest BCUT2D eigenvalue weighted by Crippen LogP contribution is 2.42. The second-order valence-corrected chi connectivity index (χ2v) is 5.44. The minimum absolute atomic E-state index is 0.527. The predicted molar refractivity (Wildman–Crippen MR) is 70.3 cm³/mol. The topological polar surface area (TPSA) is 64.1 Å². The fourth-order valence-corrected chi connectivity index (χ4v) is 3.18. The fraction of sp³-hybridized carbons (Fsp3) is 1.00. The van der Waals surface area contributed by atoms with Crippen molar-refractivity contribution in [3.05, 3.63) is 0 Å². The van der Waals surface area contributed by atoms with E-state index in [1.165, 1.54) is 44.9 Å². The minimum Gasteiger partial charge on any atom is -0.330 e. The summed E-state index contributed by atoms with van der Waals surface area (Å²) in [5.41, 5.74) is 11.8. The Morgan fingerprint density at radius 2 is 1.88 bits per heavy atom. The highest BCUT2D eigenvalue weighted by molar-refractivity contribution is 4.87. The van der Waals surface area contributed by atoms with Crippen molar-refractivity contribution in [3.63, 3.8) is 0 Å². The lowest BCUT2D eigenvalue weighted by molar-refractivity contribution is 0.130. The van der Waals surface area contributed by atoms with Gasteiger partial charge >= 0.3 is 0 Å². The largest absolute Gasteiger partial charge is 0.330 e. The predicted octanol–water partition coefficient (Wildman–Crippen LogP) is 1.47. The highest BCUT2D eigenvalue weighted by Gasteiger charge is 2.33. The van der Waals surface area contributed by atoms with Crippen molar-refractivity contribution in [2.24, 2.45) is 22.8 Å². The van der Waals surface area contributed by atoms with Gasteiger partial charge in [0.15, 0.2) is 0 Å². The van der Waals surface area contributed by atoms with Crippen molar-refractivity contribution in [3.8, 4) is 0 Å². The van der Waals surface area contributed by atoms with E-state index in [0.29, 0.717) is 5.41 Å². The molecule has 0 radical (unpaired) electrons. The van der Waals surface area contributed by atoms with Crippen LogP contribution in [0, 0.1) is 11.3 Å². The molecule has 3 heteroatoms. The smallest absolute Gasteiger partial charge is 0.000481 e. The molecule has 16 heavy (non-hydrogen) atoms. The molecule has 0 atom stereocenters. The van der Waals surface area contributed by atoms with E-state index in [2.05, 4.69) is 12.4 Å². The van der Waals surface area contributed by atoms with Gasteiger partial charge in [-0.1, -0.05) is 0 Å². The van der Waals surface area contributed by atoms with Crippen LogP contribution in [0.5, 0.6) is 0 Å². The van der Waals surface area contributed by atoms with Gasteiger partial charge in [-0.05, 0) is 76.4 Å². The van der Waals surface area contributed by atoms with Gasteiger partial charge in [0.1, 0.15) is 0 Å². The summed E-state index contributed by atoms with van der Waals surface area (Å²) < 4.78 is 0. The molecule has 0 amide bonds. The molecule has 1 rings (SSSR count). The number of nitrogens with two attached hydrogens (primary N) is 2. The van der Waals surface area contributed by atoms with E-state index in [1.807, 2.05) is 0 Å². The van der Waals surface area contributed by atoms with Crippen LogP contribution in [0.4, 0.5) is 0 Å². The lowest BCUT2D eigenvalue weighted by atomic mass is 9.67. The molecule has 0 aromatic carbocycles. The van der Waals surface area contributed by atoms with Crippen molar-refractivity contribution in [1.29, 1.82) is 0 Å². The number of hydrogen-bond donors (Lipinski definition) is 3. The lowest BCUT2D eigenvalue weighted by Crippen LogP contribution is -2.37. The van der Waals surface area contributed by atoms with Gasteiger partial charge in [0, 0.05) is 6.54 Å². The van der Waals surface area contributed by atoms with Crippen molar-refractivity contribution in [2.45, 2.75) is 44.9 Å². The maximum Gasteiger partial charge on any atom is 0.000481 e. The van der Waals surface area contributed by atoms with E-state index < -0.39 is 0 Å². The molecule has 5 N–H and O–H groups in total. The molecule has 1 fully saturated rings. The molecule has 1 aliphatic rings. The zero-order chi connectivity index (χ0) is 11.9. The van der Waals surface area contributed by atoms with Crippen molar-refractivity contribution in [1.82, 2.24) is 5.32 Å². The normalized spacial score (nSPS) is 30.6. The third kappa shape index (κ3) is 4.04. The van der Waals surface area contributed by atoms with Gasteiger partial charge in [-0.2, -0.15) is 0 Å². The molecular formula is C13H29N3. The van der Waals surface area contributed by atoms with Crippen molar-refractivity contribution >= 4 is 0 Å². The van der Waals surface area contributed by atoms with Crippen LogP contribution >= 0.6 is 0 Å². The Morgan fingerprint density at radius 3 is 2.38 bits per heavy atom. The van der Waals surface area contributed by atoms with E-state index in [0.717, 1.165) is 25.6 Å². The average Bonchev–Trinajstić information content (AvgIpc) is 2.30. The molecule has 0 aromatic heterocycles. The lowest BCUT2D eigenvalue weighted by Gasteiger charge is -2.40. The second kappa shape index (κ2) is 7.25. The Labute approximate surface area is 100 Å². The van der Waals surface area contributed by atoms with E-state index in [4.69, 9.17) is 11.5 Å². The Bertz CT molecular complexity index is 174. The maximum absolute atomic E-state index is 5.64. The maximum atomic E-state index is 5.64. The molecule has 96 valence electrons. The van der Waals surface area contributed by atoms with Gasteiger partial charge < -0.3 is 16.8 Å². The summed E-state index contributed by atoms with van der Waals surface area (Å²) in [4.78, 5) is 0. The molecule has 0 saturated heterocycles. The Morgan fingerprint density at radius 1 is 1.19 bits per heavy atom. The fourth-order valence-electron chi connectivity index (χ4n) is 3.18. The van der Waals surface area contributed by atoms with Crippen LogP contribution in [0.25, 0.3) is 0 Å². The molecule has 3 nitrogen and oxygen atoms in total. The zero-order valence-electron chi connectivity index (χ0n) is 10.8. The van der Waals surface area contributed by atoms with Crippen LogP contribution in [0.15, 0.2) is 0 Å². The summed E-state index contributed by atoms with van der Waals surface area (Å²) in [6, 6.07) is 0. The summed E-state index contributed by atoms with van der Waals surface area (Å²) >= 11 is 0. The van der Waals surface area contributed by atoms with E-state index >= 15 is 0 Å². The van der Waals surface area contributed by atoms with Crippen LogP contribution in [0.1, 0.15) is 44.9 Å². The van der Waals surface area contributed by atoms with Crippen LogP contribution in [0.3, 0.4) is 0 Å². The monoisotopic (exact) mass is 227 g/mol. The molecule has 0 aromatic rings. The molecule has 1 saturated carbocycles. The molecule has 1 aliphatic carbocycles. The summed E-state index contributed by atoms with van der Waals surface area (Å²) in [6.45, 7) is 2.84. The van der Waals surface area contributed by atoms with E-state index in [-0.39, 0.29) is 0 Å². The van der Waals surface area contributed by atoms with E-state index in [9.17, 15) is 0 Å². The van der Waals surface area contributed by atoms with E-state index in [1.54, 1.807) is 0 Å². The number of nitrogens with one attached hydrogen (secondary N) is 1. The van der Waals surface area contributed by atoms with Crippen LogP contribution in [-0.4, -0.2) is 26.7 Å². The first-order valence-electron chi connectivity index (χ1n) is 6.81. The van der Waals surface area contributed by atoms with Crippen LogP contribution < -0.4 is 16.8 Å². The summed E-state index contributed by atoms with van der Waals surface area (Å²) in [5, 5.41) is 3.37. The highest BCUT2D eigenvalue weighted by atomic mass is 14.8. The molecule has 0 aliphatic heterocycles. The third-order valence-electron chi connectivity index (χ3n) is 4.20. The summed E-state index contributed by atoms with van der Waals surface area (Å²) in [6.07, 6.45) is 9.12.